The summed E-state index contributed by atoms with van der Waals surface area (Å²) >= 11 is 0. The van der Waals surface area contributed by atoms with Gasteiger partial charge in [-0.05, 0) is 24.3 Å². The number of anilines is 1. The van der Waals surface area contributed by atoms with Gasteiger partial charge in [-0.25, -0.2) is 19.0 Å². The zero-order chi connectivity index (χ0) is 16.3. The first-order valence-electron chi connectivity index (χ1n) is 7.15. The molecule has 2 N–H and O–H groups in total. The number of hydrogen-bond donors (Lipinski definition) is 2. The number of rotatable bonds is 4. The summed E-state index contributed by atoms with van der Waals surface area (Å²) in [5.74, 6) is -0.308. The number of hydrogen-bond acceptors (Lipinski definition) is 7. The minimum Gasteiger partial charge on any atom is -0.261 e. The minimum absolute atomic E-state index is 0.0496. The smallest absolute Gasteiger partial charge is 0.261 e. The molecule has 0 spiro atoms. The molecule has 23 heavy (non-hydrogen) atoms. The van der Waals surface area contributed by atoms with Gasteiger partial charge in [0.15, 0.2) is 0 Å². The van der Waals surface area contributed by atoms with Crippen LogP contribution in [0.1, 0.15) is 18.5 Å². The summed E-state index contributed by atoms with van der Waals surface area (Å²) in [7, 11) is -3.59. The van der Waals surface area contributed by atoms with Crippen molar-refractivity contribution in [2.75, 3.05) is 10.8 Å². The molecule has 0 fully saturated rings. The molecule has 0 saturated heterocycles. The highest BCUT2D eigenvalue weighted by Crippen LogP contribution is 2.20. The van der Waals surface area contributed by atoms with Crippen LogP contribution in [0.3, 0.4) is 0 Å². The summed E-state index contributed by atoms with van der Waals surface area (Å²) < 4.78 is 25.4. The second-order valence-corrected chi connectivity index (χ2v) is 7.15. The van der Waals surface area contributed by atoms with Gasteiger partial charge in [-0.2, -0.15) is 0 Å². The maximum atomic E-state index is 12.7. The molecular weight excluding hydrogens is 314 g/mol. The van der Waals surface area contributed by atoms with Gasteiger partial charge in [0, 0.05) is 17.8 Å². The Kier molecular flexibility index (Phi) is 4.26. The molecular formula is C15H17N5O2S. The minimum atomic E-state index is -3.59. The summed E-state index contributed by atoms with van der Waals surface area (Å²) in [6, 6.07) is 14.6. The lowest BCUT2D eigenvalue weighted by Gasteiger charge is -2.19. The molecule has 7 nitrogen and oxygen atoms in total. The topological polar surface area (TPSA) is 86.7 Å². The first-order chi connectivity index (χ1) is 11.1. The van der Waals surface area contributed by atoms with Crippen molar-refractivity contribution in [2.45, 2.75) is 12.8 Å². The summed E-state index contributed by atoms with van der Waals surface area (Å²) in [5, 5.41) is 5.25. The van der Waals surface area contributed by atoms with Crippen LogP contribution in [0.25, 0.3) is 0 Å². The van der Waals surface area contributed by atoms with Crippen LogP contribution in [-0.4, -0.2) is 24.3 Å². The fraction of sp³-hybridized carbons (Fsp3) is 0.200. The van der Waals surface area contributed by atoms with Crippen molar-refractivity contribution in [2.24, 2.45) is 5.10 Å². The van der Waals surface area contributed by atoms with Crippen molar-refractivity contribution >= 4 is 20.7 Å². The quantitative estimate of drug-likeness (QED) is 0.881. The number of hydrazine groups is 2. The van der Waals surface area contributed by atoms with E-state index in [9.17, 15) is 8.42 Å². The molecule has 120 valence electrons. The van der Waals surface area contributed by atoms with E-state index < -0.39 is 9.84 Å². The van der Waals surface area contributed by atoms with E-state index in [0.717, 1.165) is 5.69 Å². The predicted molar refractivity (Wildman–Crippen MR) is 89.1 cm³/mol. The van der Waals surface area contributed by atoms with Crippen LogP contribution in [0, 0.1) is 0 Å². The van der Waals surface area contributed by atoms with Crippen LogP contribution in [0.15, 0.2) is 59.8 Å². The van der Waals surface area contributed by atoms with E-state index in [2.05, 4.69) is 21.2 Å². The van der Waals surface area contributed by atoms with Crippen molar-refractivity contribution in [3.05, 3.63) is 60.4 Å². The second-order valence-electron chi connectivity index (χ2n) is 5.23. The highest BCUT2D eigenvalue weighted by atomic mass is 32.2. The molecule has 8 heteroatoms. The molecule has 1 aliphatic rings. The first-order valence-corrected chi connectivity index (χ1v) is 8.80. The summed E-state index contributed by atoms with van der Waals surface area (Å²) in [5.41, 5.74) is 6.66. The maximum absolute atomic E-state index is 12.7. The summed E-state index contributed by atoms with van der Waals surface area (Å²) in [4.78, 5) is 4.22. The van der Waals surface area contributed by atoms with Gasteiger partial charge >= 0.3 is 0 Å². The maximum Gasteiger partial charge on any atom is 0.263 e. The van der Waals surface area contributed by atoms with Crippen molar-refractivity contribution in [1.82, 2.24) is 16.1 Å². The van der Waals surface area contributed by atoms with Crippen molar-refractivity contribution in [3.8, 4) is 0 Å². The largest absolute Gasteiger partial charge is 0.263 e. The van der Waals surface area contributed by atoms with E-state index >= 15 is 0 Å². The van der Waals surface area contributed by atoms with Gasteiger partial charge < -0.3 is 0 Å². The molecule has 0 saturated carbocycles. The van der Waals surface area contributed by atoms with Crippen LogP contribution in [0.2, 0.25) is 0 Å². The molecule has 0 amide bonds. The second kappa shape index (κ2) is 6.35. The van der Waals surface area contributed by atoms with E-state index in [1.165, 1.54) is 5.01 Å². The molecule has 0 radical (unpaired) electrons. The lowest BCUT2D eigenvalue weighted by molar-refractivity contribution is 0.599. The number of nitrogens with one attached hydrogen (secondary N) is 2. The van der Waals surface area contributed by atoms with Crippen molar-refractivity contribution < 1.29 is 8.42 Å². The summed E-state index contributed by atoms with van der Waals surface area (Å²) in [6.45, 7) is 1.84. The van der Waals surface area contributed by atoms with Gasteiger partial charge in [0.2, 0.25) is 9.84 Å². The van der Waals surface area contributed by atoms with Crippen LogP contribution in [-0.2, 0) is 9.84 Å². The molecule has 1 aliphatic heterocycles. The Labute approximate surface area is 134 Å². The van der Waals surface area contributed by atoms with E-state index in [4.69, 9.17) is 0 Å². The fourth-order valence-electron chi connectivity index (χ4n) is 2.34. The predicted octanol–water partition coefficient (Wildman–Crippen LogP) is 1.40. The van der Waals surface area contributed by atoms with Gasteiger partial charge in [0.1, 0.15) is 0 Å². The van der Waals surface area contributed by atoms with Crippen LogP contribution < -0.4 is 16.1 Å². The Hall–Kier alpha value is -2.45. The molecule has 2 heterocycles. The third-order valence-corrected chi connectivity index (χ3v) is 5.23. The third-order valence-electron chi connectivity index (χ3n) is 3.46. The lowest BCUT2D eigenvalue weighted by Crippen LogP contribution is -2.44. The van der Waals surface area contributed by atoms with Crippen molar-refractivity contribution in [3.63, 3.8) is 0 Å². The lowest BCUT2D eigenvalue weighted by atomic mass is 10.1. The Morgan fingerprint density at radius 1 is 1.13 bits per heavy atom. The first kappa shape index (κ1) is 15.4. The van der Waals surface area contributed by atoms with E-state index in [-0.39, 0.29) is 16.8 Å². The van der Waals surface area contributed by atoms with E-state index in [0.29, 0.717) is 5.69 Å². The van der Waals surface area contributed by atoms with E-state index in [1.807, 2.05) is 37.3 Å². The Balaban J connectivity index is 1.82. The highest BCUT2D eigenvalue weighted by Gasteiger charge is 2.32. The number of aromatic nitrogens is 1. The van der Waals surface area contributed by atoms with Gasteiger partial charge in [-0.15, -0.1) is 10.6 Å². The highest BCUT2D eigenvalue weighted by molar-refractivity contribution is 8.06. The van der Waals surface area contributed by atoms with Crippen LogP contribution in [0.4, 0.5) is 5.69 Å². The molecule has 0 aliphatic carbocycles. The van der Waals surface area contributed by atoms with Crippen molar-refractivity contribution in [1.29, 1.82) is 0 Å². The average molecular weight is 331 g/mol. The average Bonchev–Trinajstić information content (AvgIpc) is 3.07. The van der Waals surface area contributed by atoms with Gasteiger partial charge in [-0.1, -0.05) is 31.2 Å². The number of pyridine rings is 1. The monoisotopic (exact) mass is 331 g/mol. The molecule has 1 unspecified atom stereocenters. The SMILES string of the molecule is CC(CS(=O)(=O)C1=NNNN1c1ccccc1)c1ccccn1. The molecule has 3 rings (SSSR count). The molecule has 2 aromatic rings. The Morgan fingerprint density at radius 2 is 1.87 bits per heavy atom. The number of sulfone groups is 1. The zero-order valence-corrected chi connectivity index (χ0v) is 13.4. The Morgan fingerprint density at radius 3 is 2.57 bits per heavy atom. The number of para-hydroxylation sites is 1. The molecule has 1 aromatic carbocycles. The molecule has 0 bridgehead atoms. The van der Waals surface area contributed by atoms with Crippen LogP contribution >= 0.6 is 0 Å². The van der Waals surface area contributed by atoms with Gasteiger partial charge in [0.05, 0.1) is 11.4 Å². The number of hydrazone groups is 1. The number of benzene rings is 1. The van der Waals surface area contributed by atoms with Crippen LogP contribution in [0.5, 0.6) is 0 Å². The van der Waals surface area contributed by atoms with Gasteiger partial charge in [0.25, 0.3) is 5.17 Å². The standard InChI is InChI=1S/C15H17N5O2S/c1-12(14-9-5-6-10-16-14)11-23(21,22)15-17-18-19-20(15)13-7-3-2-4-8-13/h2-10,12,18-19H,11H2,1H3. The molecule has 1 aromatic heterocycles. The third kappa shape index (κ3) is 3.33. The fourth-order valence-corrected chi connectivity index (χ4v) is 3.93. The normalized spacial score (nSPS) is 15.9. The van der Waals surface area contributed by atoms with Gasteiger partial charge in [-0.3, -0.25) is 4.98 Å². The Bertz CT molecular complexity index is 793. The number of nitrogens with zero attached hydrogens (tertiary/aromatic N) is 3. The number of amidine groups is 1. The van der Waals surface area contributed by atoms with E-state index in [1.54, 1.807) is 24.4 Å². The molecule has 1 atom stereocenters. The summed E-state index contributed by atoms with van der Waals surface area (Å²) in [6.07, 6.45) is 1.66. The zero-order valence-electron chi connectivity index (χ0n) is 12.5.